The van der Waals surface area contributed by atoms with Crippen molar-refractivity contribution in [3.63, 3.8) is 0 Å². The minimum absolute atomic E-state index is 0. The highest BCUT2D eigenvalue weighted by Gasteiger charge is 2.22. The average Bonchev–Trinajstić information content (AvgIpc) is 2.49. The van der Waals surface area contributed by atoms with Gasteiger partial charge in [0, 0.05) is 18.7 Å². The SMILES string of the molecule is CCN(CC)C(=O)c1ccccc1C1CCNCC1.Cl. The van der Waals surface area contributed by atoms with Gasteiger partial charge < -0.3 is 10.2 Å². The first-order valence-electron chi connectivity index (χ1n) is 7.36. The minimum Gasteiger partial charge on any atom is -0.339 e. The second-order valence-electron chi connectivity index (χ2n) is 5.09. The number of nitrogens with one attached hydrogen (secondary N) is 1. The van der Waals surface area contributed by atoms with Gasteiger partial charge in [0.2, 0.25) is 0 Å². The molecule has 0 unspecified atom stereocenters. The van der Waals surface area contributed by atoms with Gasteiger partial charge in [-0.15, -0.1) is 12.4 Å². The third-order valence-electron chi connectivity index (χ3n) is 4.02. The number of amides is 1. The number of rotatable bonds is 4. The molecule has 1 aromatic rings. The maximum Gasteiger partial charge on any atom is 0.254 e. The summed E-state index contributed by atoms with van der Waals surface area (Å²) in [7, 11) is 0. The van der Waals surface area contributed by atoms with Crippen molar-refractivity contribution >= 4 is 18.3 Å². The molecule has 0 saturated carbocycles. The molecule has 1 saturated heterocycles. The lowest BCUT2D eigenvalue weighted by Gasteiger charge is -2.26. The van der Waals surface area contributed by atoms with Crippen LogP contribution in [0.2, 0.25) is 0 Å². The van der Waals surface area contributed by atoms with Crippen LogP contribution in [0.5, 0.6) is 0 Å². The maximum atomic E-state index is 12.6. The Morgan fingerprint density at radius 1 is 1.20 bits per heavy atom. The molecule has 0 spiro atoms. The molecule has 2 rings (SSSR count). The number of halogens is 1. The summed E-state index contributed by atoms with van der Waals surface area (Å²) in [6.07, 6.45) is 2.26. The standard InChI is InChI=1S/C16H24N2O.ClH/c1-3-18(4-2)16(19)15-8-6-5-7-14(15)13-9-11-17-12-10-13;/h5-8,13,17H,3-4,9-12H2,1-2H3;1H. The van der Waals surface area contributed by atoms with Crippen LogP contribution in [0.4, 0.5) is 0 Å². The molecule has 1 aliphatic rings. The van der Waals surface area contributed by atoms with Gasteiger partial charge in [0.15, 0.2) is 0 Å². The van der Waals surface area contributed by atoms with Crippen LogP contribution in [0.25, 0.3) is 0 Å². The Morgan fingerprint density at radius 2 is 1.80 bits per heavy atom. The summed E-state index contributed by atoms with van der Waals surface area (Å²) in [5.41, 5.74) is 2.14. The number of nitrogens with zero attached hydrogens (tertiary/aromatic N) is 1. The Hall–Kier alpha value is -1.06. The van der Waals surface area contributed by atoms with Gasteiger partial charge in [0.1, 0.15) is 0 Å². The molecule has 4 heteroatoms. The summed E-state index contributed by atoms with van der Waals surface area (Å²) in [5, 5.41) is 3.38. The van der Waals surface area contributed by atoms with Crippen LogP contribution in [0, 0.1) is 0 Å². The molecule has 1 N–H and O–H groups in total. The summed E-state index contributed by atoms with van der Waals surface area (Å²) >= 11 is 0. The molecule has 1 amide bonds. The molecule has 1 aliphatic heterocycles. The largest absolute Gasteiger partial charge is 0.339 e. The molecule has 1 heterocycles. The van der Waals surface area contributed by atoms with Gasteiger partial charge in [0.05, 0.1) is 0 Å². The highest BCUT2D eigenvalue weighted by atomic mass is 35.5. The van der Waals surface area contributed by atoms with Crippen LogP contribution in [-0.4, -0.2) is 37.0 Å². The van der Waals surface area contributed by atoms with Crippen molar-refractivity contribution in [3.05, 3.63) is 35.4 Å². The van der Waals surface area contributed by atoms with Crippen molar-refractivity contribution in [1.82, 2.24) is 10.2 Å². The normalized spacial score (nSPS) is 15.5. The fraction of sp³-hybridized carbons (Fsp3) is 0.562. The first kappa shape index (κ1) is 17.0. The second kappa shape index (κ2) is 8.28. The Balaban J connectivity index is 0.00000200. The molecule has 0 radical (unpaired) electrons. The highest BCUT2D eigenvalue weighted by Crippen LogP contribution is 2.28. The van der Waals surface area contributed by atoms with E-state index in [9.17, 15) is 4.79 Å². The highest BCUT2D eigenvalue weighted by molar-refractivity contribution is 5.95. The lowest BCUT2D eigenvalue weighted by molar-refractivity contribution is 0.0771. The van der Waals surface area contributed by atoms with E-state index in [0.29, 0.717) is 5.92 Å². The Morgan fingerprint density at radius 3 is 2.40 bits per heavy atom. The van der Waals surface area contributed by atoms with Crippen LogP contribution in [0.15, 0.2) is 24.3 Å². The zero-order valence-electron chi connectivity index (χ0n) is 12.4. The number of carbonyl (C=O) groups is 1. The lowest BCUT2D eigenvalue weighted by Crippen LogP contribution is -2.32. The van der Waals surface area contributed by atoms with Crippen LogP contribution >= 0.6 is 12.4 Å². The Bertz CT molecular complexity index is 426. The molecule has 0 aliphatic carbocycles. The van der Waals surface area contributed by atoms with Crippen molar-refractivity contribution in [2.75, 3.05) is 26.2 Å². The average molecular weight is 297 g/mol. The molecule has 1 aromatic carbocycles. The number of hydrogen-bond acceptors (Lipinski definition) is 2. The Labute approximate surface area is 128 Å². The number of hydrogen-bond donors (Lipinski definition) is 1. The van der Waals surface area contributed by atoms with Gasteiger partial charge in [-0.25, -0.2) is 0 Å². The number of benzene rings is 1. The molecule has 0 atom stereocenters. The van der Waals surface area contributed by atoms with Crippen molar-refractivity contribution < 1.29 is 4.79 Å². The number of carbonyl (C=O) groups excluding carboxylic acids is 1. The molecule has 20 heavy (non-hydrogen) atoms. The third kappa shape index (κ3) is 3.74. The maximum absolute atomic E-state index is 12.6. The van der Waals surface area contributed by atoms with Crippen molar-refractivity contribution in [1.29, 1.82) is 0 Å². The van der Waals surface area contributed by atoms with E-state index in [1.165, 1.54) is 5.56 Å². The van der Waals surface area contributed by atoms with E-state index in [4.69, 9.17) is 0 Å². The van der Waals surface area contributed by atoms with Crippen LogP contribution in [-0.2, 0) is 0 Å². The van der Waals surface area contributed by atoms with E-state index in [0.717, 1.165) is 44.6 Å². The molecular formula is C16H25ClN2O. The summed E-state index contributed by atoms with van der Waals surface area (Å²) in [6, 6.07) is 8.14. The van der Waals surface area contributed by atoms with Crippen molar-refractivity contribution in [3.8, 4) is 0 Å². The summed E-state index contributed by atoms with van der Waals surface area (Å²) in [4.78, 5) is 14.5. The fourth-order valence-corrected chi connectivity index (χ4v) is 2.86. The van der Waals surface area contributed by atoms with Gasteiger partial charge in [-0.05, 0) is 57.3 Å². The lowest BCUT2D eigenvalue weighted by atomic mass is 9.87. The molecule has 0 bridgehead atoms. The first-order valence-corrected chi connectivity index (χ1v) is 7.36. The van der Waals surface area contributed by atoms with Crippen molar-refractivity contribution in [2.24, 2.45) is 0 Å². The van der Waals surface area contributed by atoms with Crippen LogP contribution < -0.4 is 5.32 Å². The van der Waals surface area contributed by atoms with Gasteiger partial charge in [0.25, 0.3) is 5.91 Å². The smallest absolute Gasteiger partial charge is 0.254 e. The van der Waals surface area contributed by atoms with E-state index in [-0.39, 0.29) is 18.3 Å². The monoisotopic (exact) mass is 296 g/mol. The molecule has 1 fully saturated rings. The summed E-state index contributed by atoms with van der Waals surface area (Å²) in [6.45, 7) is 7.73. The van der Waals surface area contributed by atoms with Crippen LogP contribution in [0.3, 0.4) is 0 Å². The molecule has 0 aromatic heterocycles. The Kier molecular flexibility index (Phi) is 7.03. The third-order valence-corrected chi connectivity index (χ3v) is 4.02. The van der Waals surface area contributed by atoms with Gasteiger partial charge in [-0.1, -0.05) is 18.2 Å². The summed E-state index contributed by atoms with van der Waals surface area (Å²) in [5.74, 6) is 0.705. The van der Waals surface area contributed by atoms with Gasteiger partial charge >= 0.3 is 0 Å². The predicted octanol–water partition coefficient (Wildman–Crippen LogP) is 3.06. The van der Waals surface area contributed by atoms with Crippen LogP contribution in [0.1, 0.15) is 48.5 Å². The quantitative estimate of drug-likeness (QED) is 0.926. The first-order chi connectivity index (χ1) is 9.27. The summed E-state index contributed by atoms with van der Waals surface area (Å²) < 4.78 is 0. The van der Waals surface area contributed by atoms with Gasteiger partial charge in [-0.2, -0.15) is 0 Å². The molecular weight excluding hydrogens is 272 g/mol. The van der Waals surface area contributed by atoms with Crippen molar-refractivity contribution in [2.45, 2.75) is 32.6 Å². The van der Waals surface area contributed by atoms with E-state index >= 15 is 0 Å². The molecule has 3 nitrogen and oxygen atoms in total. The number of piperidine rings is 1. The van der Waals surface area contributed by atoms with E-state index in [1.807, 2.05) is 30.9 Å². The van der Waals surface area contributed by atoms with Gasteiger partial charge in [-0.3, -0.25) is 4.79 Å². The fourth-order valence-electron chi connectivity index (χ4n) is 2.86. The minimum atomic E-state index is 0. The zero-order valence-corrected chi connectivity index (χ0v) is 13.2. The predicted molar refractivity (Wildman–Crippen MR) is 85.8 cm³/mol. The second-order valence-corrected chi connectivity index (χ2v) is 5.09. The van der Waals surface area contributed by atoms with E-state index in [2.05, 4.69) is 17.4 Å². The van der Waals surface area contributed by atoms with E-state index < -0.39 is 0 Å². The topological polar surface area (TPSA) is 32.3 Å². The molecule has 112 valence electrons. The van der Waals surface area contributed by atoms with E-state index in [1.54, 1.807) is 0 Å². The zero-order chi connectivity index (χ0) is 13.7.